The highest BCUT2D eigenvalue weighted by Crippen LogP contribution is 2.69. The smallest absolute Gasteiger partial charge is 0.310 e. The number of nitrogens with zero attached hydrogens (tertiary/aromatic N) is 2. The number of carbonyl (C=O) groups is 3. The Labute approximate surface area is 241 Å². The van der Waals surface area contributed by atoms with Gasteiger partial charge in [0.15, 0.2) is 0 Å². The molecule has 1 spiro atoms. The number of ether oxygens (including phenoxy) is 2. The zero-order valence-corrected chi connectivity index (χ0v) is 24.8. The van der Waals surface area contributed by atoms with Gasteiger partial charge in [0, 0.05) is 17.5 Å². The van der Waals surface area contributed by atoms with E-state index in [0.29, 0.717) is 30.7 Å². The highest BCUT2D eigenvalue weighted by atomic mass is 32.2. The quantitative estimate of drug-likeness (QED) is 0.217. The van der Waals surface area contributed by atoms with Crippen LogP contribution >= 0.6 is 11.8 Å². The summed E-state index contributed by atoms with van der Waals surface area (Å²) in [5.74, 6) is -1.33. The minimum atomic E-state index is -0.848. The van der Waals surface area contributed by atoms with E-state index in [1.54, 1.807) is 53.0 Å². The zero-order valence-electron chi connectivity index (χ0n) is 24.0. The Kier molecular flexibility index (Phi) is 9.35. The van der Waals surface area contributed by atoms with Crippen LogP contribution in [-0.4, -0.2) is 76.7 Å². The fourth-order valence-corrected chi connectivity index (χ4v) is 9.31. The maximum atomic E-state index is 14.7. The number of rotatable bonds is 13. The second-order valence-electron chi connectivity index (χ2n) is 11.4. The van der Waals surface area contributed by atoms with Crippen molar-refractivity contribution >= 4 is 35.2 Å². The number of esters is 1. The number of anilines is 1. The van der Waals surface area contributed by atoms with Gasteiger partial charge in [0.2, 0.25) is 5.91 Å². The van der Waals surface area contributed by atoms with Gasteiger partial charge >= 0.3 is 5.97 Å². The summed E-state index contributed by atoms with van der Waals surface area (Å²) in [7, 11) is 1.58. The molecule has 2 amide bonds. The second kappa shape index (κ2) is 12.4. The Bertz CT molecular complexity index is 1120. The highest BCUT2D eigenvalue weighted by Gasteiger charge is 2.77. The number of aliphatic hydroxyl groups excluding tert-OH is 1. The van der Waals surface area contributed by atoms with E-state index in [1.807, 2.05) is 26.0 Å². The predicted molar refractivity (Wildman–Crippen MR) is 157 cm³/mol. The lowest BCUT2D eigenvalue weighted by Crippen LogP contribution is -2.59. The third-order valence-corrected chi connectivity index (χ3v) is 10.6. The largest absolute Gasteiger partial charge is 0.497 e. The summed E-state index contributed by atoms with van der Waals surface area (Å²) < 4.78 is 10.1. The number of likely N-dealkylation sites (tertiary alicyclic amines) is 1. The summed E-state index contributed by atoms with van der Waals surface area (Å²) >= 11 is 1.60. The SMILES string of the molecule is C=CCCOC(=O)[C@@H]1[C@H]2C(=O)N([C@@H](CO)CC(C)C)C(C(=O)N(CC=C)c3ccc(OC)cc3)C23S[C@@H]1CC3C. The van der Waals surface area contributed by atoms with Crippen LogP contribution in [0, 0.1) is 23.7 Å². The van der Waals surface area contributed by atoms with E-state index in [0.717, 1.165) is 0 Å². The molecular formula is C31H42N2O6S. The summed E-state index contributed by atoms with van der Waals surface area (Å²) in [6, 6.07) is 5.82. The molecule has 40 heavy (non-hydrogen) atoms. The second-order valence-corrected chi connectivity index (χ2v) is 13.0. The van der Waals surface area contributed by atoms with Crippen molar-refractivity contribution in [3.63, 3.8) is 0 Å². The molecular weight excluding hydrogens is 528 g/mol. The first-order chi connectivity index (χ1) is 19.2. The number of amides is 2. The van der Waals surface area contributed by atoms with E-state index in [9.17, 15) is 19.5 Å². The van der Waals surface area contributed by atoms with Gasteiger partial charge in [-0.25, -0.2) is 0 Å². The fourth-order valence-electron chi connectivity index (χ4n) is 6.92. The van der Waals surface area contributed by atoms with Crippen molar-refractivity contribution in [2.75, 3.05) is 31.8 Å². The molecule has 0 aromatic heterocycles. The number of fused-ring (bicyclic) bond motifs is 1. The third-order valence-electron chi connectivity index (χ3n) is 8.57. The molecule has 3 aliphatic heterocycles. The minimum absolute atomic E-state index is 0.00691. The Morgan fingerprint density at radius 1 is 1.25 bits per heavy atom. The van der Waals surface area contributed by atoms with Gasteiger partial charge in [-0.2, -0.15) is 0 Å². The fraction of sp³-hybridized carbons (Fsp3) is 0.581. The van der Waals surface area contributed by atoms with E-state index in [2.05, 4.69) is 20.1 Å². The number of hydrogen-bond donors (Lipinski definition) is 1. The normalized spacial score (nSPS) is 29.3. The van der Waals surface area contributed by atoms with E-state index in [-0.39, 0.29) is 54.6 Å². The zero-order chi connectivity index (χ0) is 29.2. The minimum Gasteiger partial charge on any atom is -0.497 e. The molecule has 3 aliphatic rings. The number of aliphatic hydroxyl groups is 1. The van der Waals surface area contributed by atoms with Gasteiger partial charge < -0.3 is 24.4 Å². The number of methoxy groups -OCH3 is 1. The van der Waals surface area contributed by atoms with Crippen LogP contribution in [0.5, 0.6) is 5.75 Å². The highest BCUT2D eigenvalue weighted by molar-refractivity contribution is 8.02. The van der Waals surface area contributed by atoms with Gasteiger partial charge in [-0.1, -0.05) is 32.9 Å². The Morgan fingerprint density at radius 3 is 2.52 bits per heavy atom. The maximum absolute atomic E-state index is 14.7. The van der Waals surface area contributed by atoms with Crippen molar-refractivity contribution in [1.82, 2.24) is 4.90 Å². The summed E-state index contributed by atoms with van der Waals surface area (Å²) in [6.07, 6.45) is 5.14. The molecule has 1 aromatic rings. The van der Waals surface area contributed by atoms with Gasteiger partial charge in [0.05, 0.1) is 42.9 Å². The van der Waals surface area contributed by atoms with E-state index in [1.165, 1.54) is 0 Å². The first-order valence-corrected chi connectivity index (χ1v) is 15.0. The molecule has 1 N–H and O–H groups in total. The molecule has 0 aliphatic carbocycles. The Hall–Kier alpha value is -2.78. The van der Waals surface area contributed by atoms with Crippen LogP contribution in [0.1, 0.15) is 40.0 Å². The summed E-state index contributed by atoms with van der Waals surface area (Å²) in [6.45, 7) is 13.9. The van der Waals surface area contributed by atoms with Gasteiger partial charge in [0.25, 0.3) is 5.91 Å². The van der Waals surface area contributed by atoms with Crippen molar-refractivity contribution in [2.45, 2.75) is 62.1 Å². The number of benzene rings is 1. The molecule has 8 nitrogen and oxygen atoms in total. The molecule has 3 unspecified atom stereocenters. The molecule has 0 saturated carbocycles. The van der Waals surface area contributed by atoms with Crippen LogP contribution < -0.4 is 9.64 Å². The molecule has 2 bridgehead atoms. The average Bonchev–Trinajstić information content (AvgIpc) is 3.53. The number of carbonyl (C=O) groups excluding carboxylic acids is 3. The monoisotopic (exact) mass is 570 g/mol. The lowest BCUT2D eigenvalue weighted by atomic mass is 9.66. The molecule has 1 aromatic carbocycles. The van der Waals surface area contributed by atoms with Gasteiger partial charge in [-0.3, -0.25) is 14.4 Å². The molecule has 7 atom stereocenters. The maximum Gasteiger partial charge on any atom is 0.310 e. The van der Waals surface area contributed by atoms with Crippen LogP contribution in [-0.2, 0) is 19.1 Å². The van der Waals surface area contributed by atoms with Crippen molar-refractivity contribution < 1.29 is 29.0 Å². The van der Waals surface area contributed by atoms with Gasteiger partial charge in [-0.15, -0.1) is 24.9 Å². The van der Waals surface area contributed by atoms with E-state index >= 15 is 0 Å². The van der Waals surface area contributed by atoms with Gasteiger partial charge in [-0.05, 0) is 55.4 Å². The van der Waals surface area contributed by atoms with Crippen LogP contribution in [0.3, 0.4) is 0 Å². The topological polar surface area (TPSA) is 96.4 Å². The van der Waals surface area contributed by atoms with Crippen molar-refractivity contribution in [1.29, 1.82) is 0 Å². The Balaban J connectivity index is 1.81. The molecule has 0 radical (unpaired) electrons. The van der Waals surface area contributed by atoms with Gasteiger partial charge in [0.1, 0.15) is 11.8 Å². The molecule has 9 heteroatoms. The van der Waals surface area contributed by atoms with Crippen LogP contribution in [0.4, 0.5) is 5.69 Å². The average molecular weight is 571 g/mol. The van der Waals surface area contributed by atoms with Crippen LogP contribution in [0.2, 0.25) is 0 Å². The van der Waals surface area contributed by atoms with E-state index in [4.69, 9.17) is 9.47 Å². The summed E-state index contributed by atoms with van der Waals surface area (Å²) in [4.78, 5) is 45.9. The van der Waals surface area contributed by atoms with Crippen LogP contribution in [0.25, 0.3) is 0 Å². The first-order valence-electron chi connectivity index (χ1n) is 14.1. The number of thioether (sulfide) groups is 1. The standard InChI is InChI=1S/C31H42N2O6S/c1-7-9-15-39-30(37)25-24-17-20(5)31(40-24)26(25)28(35)33(22(18-34)16-19(3)4)27(31)29(36)32(14-8-2)21-10-12-23(38-6)13-11-21/h7-8,10-13,19-20,22,24-27,34H,1-2,9,14-18H2,3-6H3/t20?,22-,24-,25+,26+,27?,31?/m1/s1. The molecule has 3 heterocycles. The molecule has 3 saturated heterocycles. The molecule has 3 fully saturated rings. The Morgan fingerprint density at radius 2 is 1.95 bits per heavy atom. The lowest BCUT2D eigenvalue weighted by molar-refractivity contribution is -0.155. The third kappa shape index (κ3) is 5.07. The predicted octanol–water partition coefficient (Wildman–Crippen LogP) is 4.08. The van der Waals surface area contributed by atoms with Crippen LogP contribution in [0.15, 0.2) is 49.6 Å². The first kappa shape index (κ1) is 30.2. The molecule has 218 valence electrons. The lowest BCUT2D eigenvalue weighted by Gasteiger charge is -2.42. The van der Waals surface area contributed by atoms with Crippen molar-refractivity contribution in [3.05, 3.63) is 49.6 Å². The van der Waals surface area contributed by atoms with Crippen molar-refractivity contribution in [2.24, 2.45) is 23.7 Å². The van der Waals surface area contributed by atoms with Crippen molar-refractivity contribution in [3.8, 4) is 5.75 Å². The number of hydrogen-bond acceptors (Lipinski definition) is 7. The molecule has 4 rings (SSSR count). The summed E-state index contributed by atoms with van der Waals surface area (Å²) in [5, 5.41) is 10.4. The summed E-state index contributed by atoms with van der Waals surface area (Å²) in [5.41, 5.74) is 0.660. The van der Waals surface area contributed by atoms with E-state index < -0.39 is 28.7 Å².